The number of ether oxygens (including phenoxy) is 2. The predicted octanol–water partition coefficient (Wildman–Crippen LogP) is 3.27. The first kappa shape index (κ1) is 27.0. The van der Waals surface area contributed by atoms with Crippen LogP contribution < -0.4 is 20.5 Å². The minimum atomic E-state index is -5.07. The fourth-order valence-electron chi connectivity index (χ4n) is 4.01. The number of halogens is 7. The molecule has 1 aliphatic heterocycles. The maximum atomic E-state index is 14.4. The number of pyridine rings is 1. The molecule has 2 heterocycles. The van der Waals surface area contributed by atoms with E-state index >= 15 is 0 Å². The number of hydrogen-bond donors (Lipinski definition) is 3. The molecule has 0 bridgehead atoms. The van der Waals surface area contributed by atoms with Crippen molar-refractivity contribution in [3.8, 4) is 5.75 Å². The lowest BCUT2D eigenvalue weighted by molar-refractivity contribution is -0.905. The van der Waals surface area contributed by atoms with Gasteiger partial charge in [0.05, 0.1) is 5.69 Å². The molecule has 1 aliphatic rings. The fraction of sp³-hybridized carbons (Fsp3) is 0.381. The van der Waals surface area contributed by atoms with Gasteiger partial charge in [0.25, 0.3) is 5.91 Å². The van der Waals surface area contributed by atoms with Crippen LogP contribution in [0.1, 0.15) is 35.8 Å². The van der Waals surface area contributed by atoms with E-state index in [9.17, 15) is 45.5 Å². The quantitative estimate of drug-likeness (QED) is 0.304. The monoisotopic (exact) mass is 526 g/mol. The number of hydrogen-bond acceptors (Lipinski definition) is 5. The summed E-state index contributed by atoms with van der Waals surface area (Å²) in [6.45, 7) is -2.05. The van der Waals surface area contributed by atoms with Gasteiger partial charge >= 0.3 is 24.4 Å². The molecular formula is C21H19F7N3O5+. The average molecular weight is 526 g/mol. The highest BCUT2D eigenvalue weighted by Crippen LogP contribution is 2.55. The van der Waals surface area contributed by atoms with Crippen molar-refractivity contribution < 1.29 is 59.7 Å². The van der Waals surface area contributed by atoms with Gasteiger partial charge in [0.2, 0.25) is 12.0 Å². The van der Waals surface area contributed by atoms with Gasteiger partial charge in [-0.15, -0.1) is 0 Å². The molecule has 2 aromatic rings. The van der Waals surface area contributed by atoms with Crippen LogP contribution in [0.3, 0.4) is 0 Å². The van der Waals surface area contributed by atoms with Gasteiger partial charge in [-0.05, 0) is 13.0 Å². The van der Waals surface area contributed by atoms with Gasteiger partial charge in [-0.2, -0.15) is 26.3 Å². The normalized spacial score (nSPS) is 24.1. The number of primary amides is 1. The summed E-state index contributed by atoms with van der Waals surface area (Å²) in [7, 11) is 0. The highest BCUT2D eigenvalue weighted by Gasteiger charge is 2.66. The molecule has 15 heteroatoms. The Morgan fingerprint density at radius 1 is 1.25 bits per heavy atom. The van der Waals surface area contributed by atoms with Gasteiger partial charge in [-0.3, -0.25) is 14.8 Å². The van der Waals surface area contributed by atoms with Crippen molar-refractivity contribution in [3.05, 3.63) is 53.4 Å². The Morgan fingerprint density at radius 3 is 2.44 bits per heavy atom. The van der Waals surface area contributed by atoms with Crippen molar-refractivity contribution in [1.82, 2.24) is 0 Å². The number of carbonyl (C=O) groups is 2. The van der Waals surface area contributed by atoms with E-state index in [4.69, 9.17) is 10.5 Å². The second-order valence-electron chi connectivity index (χ2n) is 8.11. The molecule has 1 fully saturated rings. The third-order valence-corrected chi connectivity index (χ3v) is 6.03. The zero-order valence-electron chi connectivity index (χ0n) is 18.4. The predicted molar refractivity (Wildman–Crippen MR) is 105 cm³/mol. The molecule has 4 atom stereocenters. The molecule has 36 heavy (non-hydrogen) atoms. The van der Waals surface area contributed by atoms with Gasteiger partial charge < -0.3 is 20.5 Å². The molecule has 0 unspecified atom stereocenters. The summed E-state index contributed by atoms with van der Waals surface area (Å²) in [6, 6.07) is 3.18. The van der Waals surface area contributed by atoms with E-state index < -0.39 is 76.8 Å². The Kier molecular flexibility index (Phi) is 7.08. The Bertz CT molecular complexity index is 1190. The van der Waals surface area contributed by atoms with Gasteiger partial charge in [-0.1, -0.05) is 13.0 Å². The number of carbonyl (C=O) groups excluding carboxylic acids is 2. The lowest BCUT2D eigenvalue weighted by Gasteiger charge is -2.32. The maximum Gasteiger partial charge on any atom is 0.417 e. The fourth-order valence-corrected chi connectivity index (χ4v) is 4.01. The van der Waals surface area contributed by atoms with Crippen molar-refractivity contribution in [2.45, 2.75) is 44.3 Å². The Morgan fingerprint density at radius 2 is 1.89 bits per heavy atom. The molecule has 1 saturated heterocycles. The lowest BCUT2D eigenvalue weighted by atomic mass is 9.77. The topological polar surface area (TPSA) is 115 Å². The zero-order chi connectivity index (χ0) is 27.2. The van der Waals surface area contributed by atoms with E-state index in [-0.39, 0.29) is 5.69 Å². The highest BCUT2D eigenvalue weighted by molar-refractivity contribution is 5.97. The van der Waals surface area contributed by atoms with Crippen molar-refractivity contribution in [1.29, 1.82) is 0 Å². The molecule has 1 aromatic carbocycles. The average Bonchev–Trinajstić information content (AvgIpc) is 3.04. The minimum Gasteiger partial charge on any atom is -0.431 e. The smallest absolute Gasteiger partial charge is 0.417 e. The number of nitrogens with one attached hydrogen (secondary N) is 1. The highest BCUT2D eigenvalue weighted by atomic mass is 19.4. The van der Waals surface area contributed by atoms with Crippen LogP contribution in [0.25, 0.3) is 0 Å². The summed E-state index contributed by atoms with van der Waals surface area (Å²) >= 11 is 0. The molecule has 1 aromatic heterocycles. The SMILES string of the molecule is C[C@H]1[C@@H](c2ccc(F)c(F)c2OC(F)F)[C@H](C(=O)Nc2cc[n+](O)c(C(N)=O)c2)O[C@]1(C)C(F)(F)F. The summed E-state index contributed by atoms with van der Waals surface area (Å²) in [4.78, 5) is 24.5. The van der Waals surface area contributed by atoms with Gasteiger partial charge in [0.1, 0.15) is 6.10 Å². The summed E-state index contributed by atoms with van der Waals surface area (Å²) in [5, 5.41) is 11.8. The van der Waals surface area contributed by atoms with Gasteiger partial charge in [0, 0.05) is 34.3 Å². The molecule has 4 N–H and O–H groups in total. The maximum absolute atomic E-state index is 14.4. The Balaban J connectivity index is 2.11. The first-order chi connectivity index (χ1) is 16.6. The molecule has 0 aliphatic carbocycles. The molecule has 3 rings (SSSR count). The largest absolute Gasteiger partial charge is 0.431 e. The van der Waals surface area contributed by atoms with Crippen molar-refractivity contribution in [3.63, 3.8) is 0 Å². The van der Waals surface area contributed by atoms with E-state index in [2.05, 4.69) is 10.1 Å². The number of nitrogens with zero attached hydrogens (tertiary/aromatic N) is 1. The Labute approximate surface area is 198 Å². The number of nitrogens with two attached hydrogens (primary N) is 1. The van der Waals surface area contributed by atoms with E-state index in [0.29, 0.717) is 17.7 Å². The molecule has 8 nitrogen and oxygen atoms in total. The third kappa shape index (κ3) is 4.74. The van der Waals surface area contributed by atoms with Gasteiger partial charge in [-0.25, -0.2) is 4.39 Å². The van der Waals surface area contributed by atoms with E-state index in [1.54, 1.807) is 0 Å². The standard InChI is InChI=1S/C21H18F7N3O5/c1-8-13(10-3-4-11(22)14(23)15(10)35-19(24)25)16(36-20(8,2)21(26,27)28)18(33)30-9-5-6-31(34)12(7-9)17(29)32/h3-8,13,16,19,34H,1-2H3,(H2,29,32)/p+1/t8-,13-,16+,20-/m0/s1. The minimum absolute atomic E-state index is 0.205. The van der Waals surface area contributed by atoms with Crippen LogP contribution in [0.4, 0.5) is 36.4 Å². The summed E-state index contributed by atoms with van der Waals surface area (Å²) in [6.07, 6.45) is -6.25. The first-order valence-corrected chi connectivity index (χ1v) is 10.1. The molecule has 0 saturated carbocycles. The summed E-state index contributed by atoms with van der Waals surface area (Å²) < 4.78 is 105. The second-order valence-corrected chi connectivity index (χ2v) is 8.11. The zero-order valence-corrected chi connectivity index (χ0v) is 18.4. The Hall–Kier alpha value is -3.62. The lowest BCUT2D eigenvalue weighted by Crippen LogP contribution is -2.47. The molecule has 0 radical (unpaired) electrons. The second kappa shape index (κ2) is 9.44. The number of anilines is 1. The van der Waals surface area contributed by atoms with Gasteiger partial charge in [0.15, 0.2) is 17.2 Å². The van der Waals surface area contributed by atoms with Crippen LogP contribution in [-0.2, 0) is 9.53 Å². The molecule has 0 spiro atoms. The number of aromatic nitrogens is 1. The van der Waals surface area contributed by atoms with E-state index in [1.165, 1.54) is 0 Å². The van der Waals surface area contributed by atoms with Crippen LogP contribution in [0.2, 0.25) is 0 Å². The van der Waals surface area contributed by atoms with Crippen LogP contribution in [0.15, 0.2) is 30.5 Å². The number of rotatable bonds is 6. The first-order valence-electron chi connectivity index (χ1n) is 10.1. The number of alkyl halides is 5. The number of benzene rings is 1. The summed E-state index contributed by atoms with van der Waals surface area (Å²) in [5.41, 5.74) is 0.713. The van der Waals surface area contributed by atoms with Crippen LogP contribution in [0, 0.1) is 17.6 Å². The van der Waals surface area contributed by atoms with E-state index in [1.807, 2.05) is 0 Å². The molecule has 196 valence electrons. The van der Waals surface area contributed by atoms with Crippen molar-refractivity contribution in [2.75, 3.05) is 5.32 Å². The van der Waals surface area contributed by atoms with E-state index in [0.717, 1.165) is 31.3 Å². The molecule has 2 amide bonds. The van der Waals surface area contributed by atoms with Crippen molar-refractivity contribution in [2.24, 2.45) is 11.7 Å². The van der Waals surface area contributed by atoms with Crippen molar-refractivity contribution >= 4 is 17.5 Å². The third-order valence-electron chi connectivity index (χ3n) is 6.03. The van der Waals surface area contributed by atoms with Crippen LogP contribution in [-0.4, -0.2) is 41.5 Å². The molecular weight excluding hydrogens is 507 g/mol. The van der Waals surface area contributed by atoms with Crippen LogP contribution in [0.5, 0.6) is 5.75 Å². The number of amides is 2. The van der Waals surface area contributed by atoms with Crippen LogP contribution >= 0.6 is 0 Å². The summed E-state index contributed by atoms with van der Waals surface area (Å²) in [5.74, 6) is -10.7.